The lowest BCUT2D eigenvalue weighted by Gasteiger charge is -2.25. The van der Waals surface area contributed by atoms with Crippen molar-refractivity contribution in [1.82, 2.24) is 5.32 Å². The highest BCUT2D eigenvalue weighted by molar-refractivity contribution is 5.76. The molecule has 1 heterocycles. The van der Waals surface area contributed by atoms with Crippen LogP contribution in [-0.2, 0) is 24.2 Å². The Morgan fingerprint density at radius 2 is 1.88 bits per heavy atom. The fraction of sp³-hybridized carbons (Fsp3) is 0.350. The van der Waals surface area contributed by atoms with E-state index in [9.17, 15) is 4.79 Å². The number of ether oxygens (including phenoxy) is 1. The van der Waals surface area contributed by atoms with Gasteiger partial charge in [-0.05, 0) is 23.6 Å². The van der Waals surface area contributed by atoms with Crippen LogP contribution in [0.15, 0.2) is 48.5 Å². The maximum atomic E-state index is 12.2. The lowest BCUT2D eigenvalue weighted by molar-refractivity contribution is -0.908. The first-order chi connectivity index (χ1) is 11.8. The van der Waals surface area contributed by atoms with E-state index in [2.05, 4.69) is 29.6 Å². The van der Waals surface area contributed by atoms with Gasteiger partial charge in [0.05, 0.1) is 13.7 Å². The highest BCUT2D eigenvalue weighted by atomic mass is 16.5. The molecule has 1 aliphatic rings. The van der Waals surface area contributed by atoms with Gasteiger partial charge in [-0.15, -0.1) is 0 Å². The van der Waals surface area contributed by atoms with Gasteiger partial charge >= 0.3 is 0 Å². The molecule has 0 saturated carbocycles. The third-order valence-electron chi connectivity index (χ3n) is 4.63. The van der Waals surface area contributed by atoms with Crippen LogP contribution in [0.3, 0.4) is 0 Å². The molecule has 0 aliphatic carbocycles. The van der Waals surface area contributed by atoms with Crippen molar-refractivity contribution in [3.8, 4) is 5.75 Å². The molecule has 1 aliphatic heterocycles. The van der Waals surface area contributed by atoms with Crippen LogP contribution < -0.4 is 15.0 Å². The lowest BCUT2D eigenvalue weighted by atomic mass is 10.00. The number of amides is 1. The van der Waals surface area contributed by atoms with Gasteiger partial charge in [0.2, 0.25) is 0 Å². The molecule has 126 valence electrons. The normalized spacial score (nSPS) is 16.3. The molecule has 2 N–H and O–H groups in total. The predicted octanol–water partition coefficient (Wildman–Crippen LogP) is 0.995. The van der Waals surface area contributed by atoms with Crippen molar-refractivity contribution in [2.24, 2.45) is 0 Å². The molecule has 1 unspecified atom stereocenters. The average molecular weight is 325 g/mol. The number of hydrogen-bond acceptors (Lipinski definition) is 2. The van der Waals surface area contributed by atoms with Crippen molar-refractivity contribution in [1.29, 1.82) is 0 Å². The van der Waals surface area contributed by atoms with E-state index >= 15 is 0 Å². The zero-order valence-electron chi connectivity index (χ0n) is 14.2. The highest BCUT2D eigenvalue weighted by Crippen LogP contribution is 2.17. The largest absolute Gasteiger partial charge is 0.496 e. The number of fused-ring (bicyclic) bond motifs is 1. The monoisotopic (exact) mass is 325 g/mol. The number of methoxy groups -OCH3 is 1. The summed E-state index contributed by atoms with van der Waals surface area (Å²) in [6, 6.07) is 16.5. The predicted molar refractivity (Wildman–Crippen MR) is 94.3 cm³/mol. The van der Waals surface area contributed by atoms with Gasteiger partial charge in [0.1, 0.15) is 12.3 Å². The molecule has 1 atom stereocenters. The molecule has 0 bridgehead atoms. The Morgan fingerprint density at radius 3 is 2.71 bits per heavy atom. The van der Waals surface area contributed by atoms with Crippen LogP contribution in [0.25, 0.3) is 0 Å². The summed E-state index contributed by atoms with van der Waals surface area (Å²) in [5.41, 5.74) is 3.93. The second-order valence-corrected chi connectivity index (χ2v) is 6.28. The molecule has 0 saturated heterocycles. The van der Waals surface area contributed by atoms with E-state index in [1.807, 2.05) is 24.3 Å². The Bertz CT molecular complexity index is 700. The van der Waals surface area contributed by atoms with Gasteiger partial charge in [-0.3, -0.25) is 4.79 Å². The Hall–Kier alpha value is -2.33. The second-order valence-electron chi connectivity index (χ2n) is 6.28. The molecule has 2 aromatic carbocycles. The van der Waals surface area contributed by atoms with Crippen LogP contribution in [0.5, 0.6) is 5.75 Å². The number of benzene rings is 2. The number of carbonyl (C=O) groups excluding carboxylic acids is 1. The Morgan fingerprint density at radius 1 is 1.12 bits per heavy atom. The van der Waals surface area contributed by atoms with Crippen LogP contribution in [0, 0.1) is 0 Å². The molecule has 4 heteroatoms. The minimum absolute atomic E-state index is 0.124. The average Bonchev–Trinajstić information content (AvgIpc) is 2.62. The molecule has 3 rings (SSSR count). The molecule has 2 aromatic rings. The van der Waals surface area contributed by atoms with E-state index in [1.54, 1.807) is 7.11 Å². The first kappa shape index (κ1) is 16.5. The van der Waals surface area contributed by atoms with Crippen LogP contribution >= 0.6 is 0 Å². The lowest BCUT2D eigenvalue weighted by Crippen LogP contribution is -3.12. The van der Waals surface area contributed by atoms with Crippen LogP contribution in [0.4, 0.5) is 0 Å². The third kappa shape index (κ3) is 4.15. The Labute approximate surface area is 143 Å². The molecule has 0 radical (unpaired) electrons. The second kappa shape index (κ2) is 7.97. The van der Waals surface area contributed by atoms with Crippen LogP contribution in [-0.4, -0.2) is 32.7 Å². The first-order valence-corrected chi connectivity index (χ1v) is 8.55. The van der Waals surface area contributed by atoms with Crippen molar-refractivity contribution < 1.29 is 14.4 Å². The van der Waals surface area contributed by atoms with Crippen LogP contribution in [0.2, 0.25) is 0 Å². The van der Waals surface area contributed by atoms with E-state index < -0.39 is 0 Å². The first-order valence-electron chi connectivity index (χ1n) is 8.55. The van der Waals surface area contributed by atoms with Gasteiger partial charge < -0.3 is 15.0 Å². The molecular formula is C20H25N2O2+. The van der Waals surface area contributed by atoms with Crippen molar-refractivity contribution in [3.05, 3.63) is 65.2 Å². The quantitative estimate of drug-likeness (QED) is 0.832. The van der Waals surface area contributed by atoms with Gasteiger partial charge in [0, 0.05) is 18.5 Å². The zero-order valence-corrected chi connectivity index (χ0v) is 14.2. The maximum absolute atomic E-state index is 12.2. The van der Waals surface area contributed by atoms with Gasteiger partial charge in [0.15, 0.2) is 6.54 Å². The van der Waals surface area contributed by atoms with Gasteiger partial charge in [0.25, 0.3) is 5.91 Å². The number of rotatable bonds is 6. The summed E-state index contributed by atoms with van der Waals surface area (Å²) in [5.74, 6) is 1.00. The van der Waals surface area contributed by atoms with E-state index in [1.165, 1.54) is 16.0 Å². The van der Waals surface area contributed by atoms with Gasteiger partial charge in [-0.2, -0.15) is 0 Å². The smallest absolute Gasteiger partial charge is 0.275 e. The molecule has 0 fully saturated rings. The molecule has 1 amide bonds. The minimum atomic E-state index is 0.124. The summed E-state index contributed by atoms with van der Waals surface area (Å²) < 4.78 is 5.34. The summed E-state index contributed by atoms with van der Waals surface area (Å²) >= 11 is 0. The summed E-state index contributed by atoms with van der Waals surface area (Å²) in [5, 5.41) is 3.04. The molecule has 4 nitrogen and oxygen atoms in total. The SMILES string of the molecule is COc1ccccc1CCNC(=O)C[NH+]1CCc2ccccc2C1. The Kier molecular flexibility index (Phi) is 5.49. The van der Waals surface area contributed by atoms with Crippen molar-refractivity contribution in [2.45, 2.75) is 19.4 Å². The maximum Gasteiger partial charge on any atom is 0.275 e. The fourth-order valence-electron chi connectivity index (χ4n) is 3.33. The fourth-order valence-corrected chi connectivity index (χ4v) is 3.33. The summed E-state index contributed by atoms with van der Waals surface area (Å²) in [6.45, 7) is 3.15. The van der Waals surface area contributed by atoms with Crippen LogP contribution in [0.1, 0.15) is 16.7 Å². The number of quaternary nitrogens is 1. The molecular weight excluding hydrogens is 300 g/mol. The van der Waals surface area contributed by atoms with Gasteiger partial charge in [-0.25, -0.2) is 0 Å². The molecule has 0 spiro atoms. The van der Waals surface area contributed by atoms with Crippen molar-refractivity contribution in [3.63, 3.8) is 0 Å². The minimum Gasteiger partial charge on any atom is -0.496 e. The topological polar surface area (TPSA) is 42.8 Å². The van der Waals surface area contributed by atoms with Crippen molar-refractivity contribution in [2.75, 3.05) is 26.7 Å². The summed E-state index contributed by atoms with van der Waals surface area (Å²) in [7, 11) is 1.68. The molecule has 24 heavy (non-hydrogen) atoms. The summed E-state index contributed by atoms with van der Waals surface area (Å²) in [6.07, 6.45) is 1.84. The van der Waals surface area contributed by atoms with E-state index in [0.717, 1.165) is 37.2 Å². The standard InChI is InChI=1S/C20H24N2O2/c1-24-19-9-5-4-7-17(19)10-12-21-20(23)15-22-13-11-16-6-2-3-8-18(16)14-22/h2-9H,10-15H2,1H3,(H,21,23)/p+1. The third-order valence-corrected chi connectivity index (χ3v) is 4.63. The number of carbonyl (C=O) groups is 1. The summed E-state index contributed by atoms with van der Waals surface area (Å²) in [4.78, 5) is 13.5. The Balaban J connectivity index is 1.45. The molecule has 0 aromatic heterocycles. The number of hydrogen-bond donors (Lipinski definition) is 2. The van der Waals surface area contributed by atoms with E-state index in [-0.39, 0.29) is 5.91 Å². The highest BCUT2D eigenvalue weighted by Gasteiger charge is 2.21. The number of nitrogens with one attached hydrogen (secondary N) is 2. The van der Waals surface area contributed by atoms with E-state index in [0.29, 0.717) is 13.1 Å². The number of para-hydroxylation sites is 1. The van der Waals surface area contributed by atoms with Crippen molar-refractivity contribution >= 4 is 5.91 Å². The zero-order chi connectivity index (χ0) is 16.8. The van der Waals surface area contributed by atoms with E-state index in [4.69, 9.17) is 4.74 Å². The van der Waals surface area contributed by atoms with Gasteiger partial charge in [-0.1, -0.05) is 42.5 Å².